The fraction of sp³-hybridized carbons (Fsp3) is 0.385. The molecule has 0 unspecified atom stereocenters. The Kier molecular flexibility index (Phi) is 3.48. The van der Waals surface area contributed by atoms with Gasteiger partial charge in [0.15, 0.2) is 0 Å². The number of fused-ring (bicyclic) bond motifs is 1. The molecule has 1 aliphatic rings. The van der Waals surface area contributed by atoms with Crippen LogP contribution in [-0.4, -0.2) is 17.3 Å². The summed E-state index contributed by atoms with van der Waals surface area (Å²) in [6.07, 6.45) is 4.67. The highest BCUT2D eigenvalue weighted by molar-refractivity contribution is 6.33. The van der Waals surface area contributed by atoms with E-state index in [-0.39, 0.29) is 5.78 Å². The molecule has 0 atom stereocenters. The molecule has 4 heteroatoms. The number of hydrogen-bond acceptors (Lipinski definition) is 3. The lowest BCUT2D eigenvalue weighted by Crippen LogP contribution is -2.15. The van der Waals surface area contributed by atoms with Gasteiger partial charge in [-0.25, -0.2) is 4.98 Å². The number of carbonyl (C=O) groups excluding carboxylic acids is 1. The third-order valence-electron chi connectivity index (χ3n) is 2.94. The van der Waals surface area contributed by atoms with Crippen molar-refractivity contribution in [2.75, 3.05) is 11.9 Å². The van der Waals surface area contributed by atoms with Crippen LogP contribution in [-0.2, 0) is 4.79 Å². The number of allylic oxidation sites excluding steroid dienone is 2. The van der Waals surface area contributed by atoms with Crippen molar-refractivity contribution in [2.24, 2.45) is 0 Å². The molecule has 1 N–H and O–H groups in total. The average molecular weight is 251 g/mol. The predicted octanol–water partition coefficient (Wildman–Crippen LogP) is 3.22. The summed E-state index contributed by atoms with van der Waals surface area (Å²) in [5.41, 5.74) is 2.76. The molecule has 0 amide bonds. The molecule has 0 saturated carbocycles. The standard InChI is InChI=1S/C13H15ClN2O/c1-3-9-6-10(17)4-5-15-13-11(9)12(14)8(2)7-16-13/h3,7H,4-6H2,1-2H3,(H,15,16)/b9-3-. The molecule has 2 heterocycles. The van der Waals surface area contributed by atoms with Gasteiger partial charge in [-0.05, 0) is 25.0 Å². The van der Waals surface area contributed by atoms with E-state index in [0.29, 0.717) is 24.4 Å². The lowest BCUT2D eigenvalue weighted by atomic mass is 9.97. The summed E-state index contributed by atoms with van der Waals surface area (Å²) in [5, 5.41) is 3.86. The Morgan fingerprint density at radius 1 is 1.53 bits per heavy atom. The molecule has 17 heavy (non-hydrogen) atoms. The van der Waals surface area contributed by atoms with Crippen LogP contribution in [0.15, 0.2) is 12.3 Å². The summed E-state index contributed by atoms with van der Waals surface area (Å²) >= 11 is 6.33. The van der Waals surface area contributed by atoms with Crippen LogP contribution in [0.2, 0.25) is 5.02 Å². The first kappa shape index (κ1) is 12.1. The van der Waals surface area contributed by atoms with Crippen LogP contribution in [0.3, 0.4) is 0 Å². The van der Waals surface area contributed by atoms with Gasteiger partial charge in [0.05, 0.1) is 5.02 Å². The van der Waals surface area contributed by atoms with Crippen molar-refractivity contribution in [3.8, 4) is 0 Å². The minimum absolute atomic E-state index is 0.230. The van der Waals surface area contributed by atoms with Gasteiger partial charge in [-0.1, -0.05) is 17.7 Å². The molecule has 0 radical (unpaired) electrons. The number of aromatic nitrogens is 1. The van der Waals surface area contributed by atoms with Crippen molar-refractivity contribution in [3.63, 3.8) is 0 Å². The summed E-state index contributed by atoms with van der Waals surface area (Å²) in [5.74, 6) is 1.01. The van der Waals surface area contributed by atoms with E-state index in [4.69, 9.17) is 11.6 Å². The van der Waals surface area contributed by atoms with E-state index in [9.17, 15) is 4.79 Å². The normalized spacial score (nSPS) is 18.3. The van der Waals surface area contributed by atoms with E-state index >= 15 is 0 Å². The highest BCUT2D eigenvalue weighted by Crippen LogP contribution is 2.35. The maximum atomic E-state index is 11.7. The Morgan fingerprint density at radius 2 is 2.29 bits per heavy atom. The zero-order valence-corrected chi connectivity index (χ0v) is 10.8. The lowest BCUT2D eigenvalue weighted by Gasteiger charge is -2.19. The average Bonchev–Trinajstić information content (AvgIpc) is 2.29. The Labute approximate surface area is 106 Å². The van der Waals surface area contributed by atoms with E-state index in [1.54, 1.807) is 6.20 Å². The number of aryl methyl sites for hydroxylation is 1. The summed E-state index contributed by atoms with van der Waals surface area (Å²) in [7, 11) is 0. The number of ketones is 1. The molecule has 1 aromatic rings. The van der Waals surface area contributed by atoms with Gasteiger partial charge in [0.1, 0.15) is 11.6 Å². The van der Waals surface area contributed by atoms with Crippen molar-refractivity contribution >= 4 is 28.8 Å². The molecule has 90 valence electrons. The maximum Gasteiger partial charge on any atom is 0.139 e. The van der Waals surface area contributed by atoms with Crippen molar-refractivity contribution < 1.29 is 4.79 Å². The molecule has 2 rings (SSSR count). The van der Waals surface area contributed by atoms with Crippen LogP contribution in [0.25, 0.3) is 5.57 Å². The van der Waals surface area contributed by atoms with Crippen LogP contribution in [0.5, 0.6) is 0 Å². The van der Waals surface area contributed by atoms with E-state index in [2.05, 4.69) is 10.3 Å². The Morgan fingerprint density at radius 3 is 3.00 bits per heavy atom. The fourth-order valence-corrected chi connectivity index (χ4v) is 2.23. The van der Waals surface area contributed by atoms with Gasteiger partial charge in [-0.2, -0.15) is 0 Å². The summed E-state index contributed by atoms with van der Waals surface area (Å²) in [4.78, 5) is 16.0. The lowest BCUT2D eigenvalue weighted by molar-refractivity contribution is -0.117. The third kappa shape index (κ3) is 2.34. The van der Waals surface area contributed by atoms with E-state index < -0.39 is 0 Å². The first-order valence-electron chi connectivity index (χ1n) is 5.69. The monoisotopic (exact) mass is 250 g/mol. The van der Waals surface area contributed by atoms with Crippen LogP contribution in [0, 0.1) is 6.92 Å². The van der Waals surface area contributed by atoms with Gasteiger partial charge in [0.2, 0.25) is 0 Å². The molecule has 3 nitrogen and oxygen atoms in total. The molecular formula is C13H15ClN2O. The first-order valence-corrected chi connectivity index (χ1v) is 6.07. The number of anilines is 1. The third-order valence-corrected chi connectivity index (χ3v) is 3.43. The van der Waals surface area contributed by atoms with Crippen molar-refractivity contribution in [2.45, 2.75) is 26.7 Å². The van der Waals surface area contributed by atoms with Crippen molar-refractivity contribution in [1.29, 1.82) is 0 Å². The molecule has 0 aliphatic carbocycles. The van der Waals surface area contributed by atoms with Crippen LogP contribution in [0.4, 0.5) is 5.82 Å². The van der Waals surface area contributed by atoms with Crippen LogP contribution in [0.1, 0.15) is 30.9 Å². The van der Waals surface area contributed by atoms with Crippen molar-refractivity contribution in [1.82, 2.24) is 4.98 Å². The van der Waals surface area contributed by atoms with E-state index in [1.165, 1.54) is 0 Å². The number of rotatable bonds is 0. The maximum absolute atomic E-state index is 11.7. The zero-order valence-electron chi connectivity index (χ0n) is 10.0. The number of pyridine rings is 1. The molecule has 0 saturated heterocycles. The Balaban J connectivity index is 2.59. The fourth-order valence-electron chi connectivity index (χ4n) is 1.97. The SMILES string of the molecule is C/C=C1/CC(=O)CCNc2ncc(C)c(Cl)c21. The number of carbonyl (C=O) groups is 1. The smallest absolute Gasteiger partial charge is 0.139 e. The highest BCUT2D eigenvalue weighted by Gasteiger charge is 2.19. The van der Waals surface area contributed by atoms with Gasteiger partial charge < -0.3 is 5.32 Å². The molecule has 1 aromatic heterocycles. The molecule has 0 spiro atoms. The summed E-state index contributed by atoms with van der Waals surface area (Å²) in [6.45, 7) is 4.46. The Bertz CT molecular complexity index is 494. The Hall–Kier alpha value is -1.35. The number of nitrogens with one attached hydrogen (secondary N) is 1. The van der Waals surface area contributed by atoms with E-state index in [1.807, 2.05) is 19.9 Å². The van der Waals surface area contributed by atoms with Gasteiger partial charge in [-0.3, -0.25) is 4.79 Å². The largest absolute Gasteiger partial charge is 0.369 e. The molecule has 0 fully saturated rings. The second-order valence-electron chi connectivity index (χ2n) is 4.18. The molecule has 0 bridgehead atoms. The highest BCUT2D eigenvalue weighted by atomic mass is 35.5. The first-order chi connectivity index (χ1) is 8.13. The number of halogens is 1. The van der Waals surface area contributed by atoms with Gasteiger partial charge >= 0.3 is 0 Å². The van der Waals surface area contributed by atoms with Crippen molar-refractivity contribution in [3.05, 3.63) is 28.4 Å². The second-order valence-corrected chi connectivity index (χ2v) is 4.56. The quantitative estimate of drug-likeness (QED) is 0.769. The number of hydrogen-bond donors (Lipinski definition) is 1. The van der Waals surface area contributed by atoms with Gasteiger partial charge in [-0.15, -0.1) is 0 Å². The van der Waals surface area contributed by atoms with Crippen LogP contribution >= 0.6 is 11.6 Å². The minimum atomic E-state index is 0.230. The number of Topliss-reactive ketones (excluding diaryl/α,β-unsaturated/α-hetero) is 1. The molecule has 0 aromatic carbocycles. The predicted molar refractivity (Wildman–Crippen MR) is 70.4 cm³/mol. The van der Waals surface area contributed by atoms with E-state index in [0.717, 1.165) is 22.5 Å². The molecule has 1 aliphatic heterocycles. The second kappa shape index (κ2) is 4.88. The van der Waals surface area contributed by atoms with Gasteiger partial charge in [0, 0.05) is 31.1 Å². The zero-order chi connectivity index (χ0) is 12.4. The van der Waals surface area contributed by atoms with Gasteiger partial charge in [0.25, 0.3) is 0 Å². The summed E-state index contributed by atoms with van der Waals surface area (Å²) < 4.78 is 0. The minimum Gasteiger partial charge on any atom is -0.369 e. The number of nitrogens with zero attached hydrogens (tertiary/aromatic N) is 1. The molecular weight excluding hydrogens is 236 g/mol. The topological polar surface area (TPSA) is 42.0 Å². The summed E-state index contributed by atoms with van der Waals surface area (Å²) in [6, 6.07) is 0. The van der Waals surface area contributed by atoms with Crippen LogP contribution < -0.4 is 5.32 Å².